The highest BCUT2D eigenvalue weighted by Crippen LogP contribution is 2.42. The molecule has 0 spiro atoms. The Hall–Kier alpha value is -1.86. The summed E-state index contributed by atoms with van der Waals surface area (Å²) in [5.74, 6) is 0.874. The number of ether oxygens (including phenoxy) is 1. The number of hydrazine groups is 1. The van der Waals surface area contributed by atoms with Crippen LogP contribution in [0.5, 0.6) is 5.75 Å². The van der Waals surface area contributed by atoms with Gasteiger partial charge < -0.3 is 10.2 Å². The van der Waals surface area contributed by atoms with Gasteiger partial charge in [-0.15, -0.1) is 0 Å². The molecule has 164 valence electrons. The topological polar surface area (TPSA) is 40.1 Å². The van der Waals surface area contributed by atoms with Gasteiger partial charge in [-0.2, -0.15) is 5.10 Å². The minimum Gasteiger partial charge on any atom is -0.497 e. The number of piperidine rings is 1. The van der Waals surface area contributed by atoms with Crippen LogP contribution < -0.4 is 15.2 Å². The summed E-state index contributed by atoms with van der Waals surface area (Å²) >= 11 is 18.5. The minimum atomic E-state index is -0.0549. The summed E-state index contributed by atoms with van der Waals surface area (Å²) in [6.07, 6.45) is 3.63. The van der Waals surface area contributed by atoms with Gasteiger partial charge in [0.05, 0.1) is 23.9 Å². The van der Waals surface area contributed by atoms with Gasteiger partial charge in [0, 0.05) is 24.0 Å². The number of benzene rings is 2. The van der Waals surface area contributed by atoms with Crippen molar-refractivity contribution in [2.24, 2.45) is 11.0 Å². The van der Waals surface area contributed by atoms with Gasteiger partial charge in [0.1, 0.15) is 16.4 Å². The van der Waals surface area contributed by atoms with E-state index in [2.05, 4.69) is 29.5 Å². The summed E-state index contributed by atoms with van der Waals surface area (Å²) < 4.78 is 5.33. The molecule has 0 aliphatic carbocycles. The number of nitrogens with one attached hydrogen (secondary N) is 1. The van der Waals surface area contributed by atoms with E-state index < -0.39 is 0 Å². The molecule has 0 unspecified atom stereocenters. The summed E-state index contributed by atoms with van der Waals surface area (Å²) in [4.78, 5) is 0.667. The van der Waals surface area contributed by atoms with Crippen molar-refractivity contribution in [1.29, 1.82) is 0 Å². The second-order valence-electron chi connectivity index (χ2n) is 7.92. The predicted molar refractivity (Wildman–Crippen MR) is 132 cm³/mol. The number of hydrogen-bond donors (Lipinski definition) is 1. The third-order valence-electron chi connectivity index (χ3n) is 5.85. The molecule has 2 aromatic rings. The Bertz CT molecular complexity index is 976. The first kappa shape index (κ1) is 22.3. The van der Waals surface area contributed by atoms with Gasteiger partial charge >= 0.3 is 0 Å². The molecular formula is C23H26Cl2N4OS. The molecule has 31 heavy (non-hydrogen) atoms. The Morgan fingerprint density at radius 2 is 1.81 bits per heavy atom. The molecule has 1 saturated heterocycles. The Morgan fingerprint density at radius 3 is 2.45 bits per heavy atom. The first-order valence-electron chi connectivity index (χ1n) is 10.5. The Kier molecular flexibility index (Phi) is 7.02. The van der Waals surface area contributed by atoms with Crippen molar-refractivity contribution in [2.45, 2.75) is 32.2 Å². The quantitative estimate of drug-likeness (QED) is 0.546. The van der Waals surface area contributed by atoms with Crippen LogP contribution in [0.25, 0.3) is 0 Å². The normalized spacial score (nSPS) is 21.7. The van der Waals surface area contributed by atoms with E-state index in [0.29, 0.717) is 15.0 Å². The van der Waals surface area contributed by atoms with E-state index in [0.717, 1.165) is 35.8 Å². The maximum absolute atomic E-state index is 6.57. The molecule has 2 aliphatic heterocycles. The maximum atomic E-state index is 6.57. The van der Waals surface area contributed by atoms with E-state index in [4.69, 9.17) is 45.3 Å². The lowest BCUT2D eigenvalue weighted by Gasteiger charge is -2.29. The van der Waals surface area contributed by atoms with E-state index in [1.807, 2.05) is 29.3 Å². The zero-order valence-corrected chi connectivity index (χ0v) is 20.0. The summed E-state index contributed by atoms with van der Waals surface area (Å²) in [5, 5.41) is 10.3. The van der Waals surface area contributed by atoms with Crippen LogP contribution in [0.15, 0.2) is 47.6 Å². The molecule has 1 fully saturated rings. The van der Waals surface area contributed by atoms with E-state index in [9.17, 15) is 0 Å². The fourth-order valence-electron chi connectivity index (χ4n) is 4.19. The van der Waals surface area contributed by atoms with Gasteiger partial charge in [0.15, 0.2) is 0 Å². The van der Waals surface area contributed by atoms with Crippen LogP contribution >= 0.6 is 35.4 Å². The number of hydrazone groups is 1. The second-order valence-corrected chi connectivity index (χ2v) is 9.17. The molecule has 2 atom stereocenters. The Balaban J connectivity index is 1.67. The number of halogens is 2. The third kappa shape index (κ3) is 4.82. The molecular weight excluding hydrogens is 451 g/mol. The third-order valence-corrected chi connectivity index (χ3v) is 6.68. The molecule has 4 rings (SSSR count). The van der Waals surface area contributed by atoms with Crippen molar-refractivity contribution < 1.29 is 4.74 Å². The van der Waals surface area contributed by atoms with Crippen LogP contribution in [0.2, 0.25) is 10.0 Å². The lowest BCUT2D eigenvalue weighted by Crippen LogP contribution is -2.47. The van der Waals surface area contributed by atoms with Crippen LogP contribution in [-0.4, -0.2) is 35.9 Å². The first-order valence-corrected chi connectivity index (χ1v) is 11.7. The highest BCUT2D eigenvalue weighted by Gasteiger charge is 2.39. The maximum Gasteiger partial charge on any atom is 0.137 e. The molecule has 5 nitrogen and oxygen atoms in total. The van der Waals surface area contributed by atoms with Crippen molar-refractivity contribution in [2.75, 3.05) is 25.2 Å². The summed E-state index contributed by atoms with van der Waals surface area (Å²) in [6, 6.07) is 13.5. The SMILES string of the molecule is COc1ccc([C@H]2[C@@H](C)C(C(=S)NN3CCCCC3)=NN2c2ccc(Cl)cc2Cl)cc1. The minimum absolute atomic E-state index is 0.0549. The molecule has 8 heteroatoms. The lowest BCUT2D eigenvalue weighted by molar-refractivity contribution is 0.197. The van der Waals surface area contributed by atoms with Crippen molar-refractivity contribution in [3.63, 3.8) is 0 Å². The highest BCUT2D eigenvalue weighted by molar-refractivity contribution is 7.82. The van der Waals surface area contributed by atoms with Crippen molar-refractivity contribution >= 4 is 51.8 Å². The zero-order chi connectivity index (χ0) is 22.0. The highest BCUT2D eigenvalue weighted by atomic mass is 35.5. The van der Waals surface area contributed by atoms with Crippen LogP contribution in [-0.2, 0) is 0 Å². The number of thiocarbonyl (C=S) groups is 1. The van der Waals surface area contributed by atoms with E-state index in [1.54, 1.807) is 13.2 Å². The molecule has 2 heterocycles. The average molecular weight is 477 g/mol. The number of nitrogens with zero attached hydrogens (tertiary/aromatic N) is 3. The van der Waals surface area contributed by atoms with Gasteiger partial charge in [0.2, 0.25) is 0 Å². The van der Waals surface area contributed by atoms with Crippen LogP contribution in [0.3, 0.4) is 0 Å². The molecule has 0 aromatic heterocycles. The Labute approximate surface area is 198 Å². The fourth-order valence-corrected chi connectivity index (χ4v) is 5.04. The first-order chi connectivity index (χ1) is 15.0. The summed E-state index contributed by atoms with van der Waals surface area (Å²) in [6.45, 7) is 4.15. The fraction of sp³-hybridized carbons (Fsp3) is 0.391. The smallest absolute Gasteiger partial charge is 0.137 e. The second kappa shape index (κ2) is 9.74. The van der Waals surface area contributed by atoms with Crippen LogP contribution in [0, 0.1) is 5.92 Å². The van der Waals surface area contributed by atoms with E-state index in [1.165, 1.54) is 19.3 Å². The van der Waals surface area contributed by atoms with Gasteiger partial charge in [0.25, 0.3) is 0 Å². The van der Waals surface area contributed by atoms with E-state index >= 15 is 0 Å². The number of hydrogen-bond acceptors (Lipinski definition) is 5. The molecule has 0 radical (unpaired) electrons. The molecule has 2 aliphatic rings. The van der Waals surface area contributed by atoms with E-state index in [-0.39, 0.29) is 12.0 Å². The van der Waals surface area contributed by atoms with Crippen molar-refractivity contribution in [3.8, 4) is 5.75 Å². The van der Waals surface area contributed by atoms with Gasteiger partial charge in [-0.05, 0) is 48.7 Å². The molecule has 2 aromatic carbocycles. The number of rotatable bonds is 5. The van der Waals surface area contributed by atoms with Crippen molar-refractivity contribution in [3.05, 3.63) is 58.1 Å². The molecule has 0 saturated carbocycles. The lowest BCUT2D eigenvalue weighted by atomic mass is 9.91. The standard InChI is InChI=1S/C23H26Cl2N4OS/c1-15-21(23(31)27-28-12-4-3-5-13-28)26-29(20-11-8-17(24)14-19(20)25)22(15)16-6-9-18(30-2)10-7-16/h6-11,14-15,22H,3-5,12-13H2,1-2H3,(H,27,31)/t15-,22+/m0/s1. The van der Waals surface area contributed by atoms with Crippen LogP contribution in [0.1, 0.15) is 37.8 Å². The molecule has 1 N–H and O–H groups in total. The van der Waals surface area contributed by atoms with Crippen molar-refractivity contribution in [1.82, 2.24) is 10.4 Å². The zero-order valence-electron chi connectivity index (χ0n) is 17.6. The average Bonchev–Trinajstić information content (AvgIpc) is 3.11. The number of anilines is 1. The molecule has 0 amide bonds. The van der Waals surface area contributed by atoms with Gasteiger partial charge in [-0.1, -0.05) is 60.9 Å². The number of methoxy groups -OCH3 is 1. The molecule has 0 bridgehead atoms. The van der Waals surface area contributed by atoms with Crippen LogP contribution in [0.4, 0.5) is 5.69 Å². The van der Waals surface area contributed by atoms with Gasteiger partial charge in [-0.25, -0.2) is 5.01 Å². The largest absolute Gasteiger partial charge is 0.497 e. The summed E-state index contributed by atoms with van der Waals surface area (Å²) in [5.41, 5.74) is 6.18. The monoisotopic (exact) mass is 476 g/mol. The van der Waals surface area contributed by atoms with Gasteiger partial charge in [-0.3, -0.25) is 5.01 Å². The summed E-state index contributed by atoms with van der Waals surface area (Å²) in [7, 11) is 1.67. The Morgan fingerprint density at radius 1 is 1.10 bits per heavy atom. The predicted octanol–water partition coefficient (Wildman–Crippen LogP) is 5.87.